The highest BCUT2D eigenvalue weighted by molar-refractivity contribution is 8.00. The normalized spacial score (nSPS) is 12.4. The fraction of sp³-hybridized carbons (Fsp3) is 0.0667. The van der Waals surface area contributed by atoms with Crippen molar-refractivity contribution in [3.8, 4) is 0 Å². The summed E-state index contributed by atoms with van der Waals surface area (Å²) < 4.78 is 25.1. The van der Waals surface area contributed by atoms with Crippen molar-refractivity contribution in [3.63, 3.8) is 0 Å². The Morgan fingerprint density at radius 2 is 1.58 bits per heavy atom. The largest absolute Gasteiger partial charge is 0.404 e. The zero-order chi connectivity index (χ0) is 13.9. The van der Waals surface area contributed by atoms with Gasteiger partial charge in [0.1, 0.15) is 0 Å². The van der Waals surface area contributed by atoms with Gasteiger partial charge >= 0.3 is 0 Å². The average molecular weight is 273 g/mol. The molecule has 0 saturated heterocycles. The lowest BCUT2D eigenvalue weighted by molar-refractivity contribution is 0.606. The fourth-order valence-corrected chi connectivity index (χ4v) is 3.16. The van der Waals surface area contributed by atoms with Crippen LogP contribution in [0.4, 0.5) is 0 Å². The van der Waals surface area contributed by atoms with Gasteiger partial charge in [0.15, 0.2) is 0 Å². The Morgan fingerprint density at radius 1 is 1.00 bits per heavy atom. The SMILES string of the molecule is Cc1ccc(S(=O)(=O)/C(=C\N)c2ccccc2)cc1. The van der Waals surface area contributed by atoms with Crippen molar-refractivity contribution in [1.29, 1.82) is 0 Å². The topological polar surface area (TPSA) is 60.2 Å². The fourth-order valence-electron chi connectivity index (χ4n) is 1.79. The van der Waals surface area contributed by atoms with Gasteiger partial charge in [-0.3, -0.25) is 0 Å². The highest BCUT2D eigenvalue weighted by Crippen LogP contribution is 2.27. The molecular formula is C15H15NO2S. The molecule has 2 aromatic carbocycles. The summed E-state index contributed by atoms with van der Waals surface area (Å²) in [4.78, 5) is 0.371. The quantitative estimate of drug-likeness (QED) is 0.935. The van der Waals surface area contributed by atoms with E-state index in [9.17, 15) is 8.42 Å². The van der Waals surface area contributed by atoms with Crippen LogP contribution >= 0.6 is 0 Å². The molecule has 3 nitrogen and oxygen atoms in total. The van der Waals surface area contributed by atoms with Gasteiger partial charge in [0, 0.05) is 6.20 Å². The second-order valence-electron chi connectivity index (χ2n) is 4.21. The molecule has 0 radical (unpaired) electrons. The molecule has 0 saturated carbocycles. The Balaban J connectivity index is 2.52. The first-order valence-electron chi connectivity index (χ1n) is 5.85. The molecule has 0 atom stereocenters. The molecule has 0 bridgehead atoms. The van der Waals surface area contributed by atoms with Crippen LogP contribution in [-0.4, -0.2) is 8.42 Å². The molecule has 2 aromatic rings. The van der Waals surface area contributed by atoms with Gasteiger partial charge < -0.3 is 5.73 Å². The summed E-state index contributed by atoms with van der Waals surface area (Å²) in [7, 11) is -3.58. The number of rotatable bonds is 3. The van der Waals surface area contributed by atoms with E-state index < -0.39 is 9.84 Å². The van der Waals surface area contributed by atoms with Crippen LogP contribution in [0.3, 0.4) is 0 Å². The molecule has 0 aliphatic heterocycles. The minimum atomic E-state index is -3.58. The van der Waals surface area contributed by atoms with Crippen LogP contribution in [0, 0.1) is 6.92 Å². The first-order chi connectivity index (χ1) is 9.05. The van der Waals surface area contributed by atoms with Crippen LogP contribution in [0.25, 0.3) is 4.91 Å². The standard InChI is InChI=1S/C15H15NO2S/c1-12-7-9-14(10-8-12)19(17,18)15(11-16)13-5-3-2-4-6-13/h2-11H,16H2,1H3/b15-11-. The third-order valence-corrected chi connectivity index (χ3v) is 4.67. The van der Waals surface area contributed by atoms with Crippen molar-refractivity contribution in [3.05, 3.63) is 71.9 Å². The molecule has 19 heavy (non-hydrogen) atoms. The summed E-state index contributed by atoms with van der Waals surface area (Å²) in [6.07, 6.45) is 1.14. The minimum absolute atomic E-state index is 0.122. The maximum Gasteiger partial charge on any atom is 0.208 e. The lowest BCUT2D eigenvalue weighted by atomic mass is 10.2. The molecule has 0 aliphatic rings. The van der Waals surface area contributed by atoms with Crippen LogP contribution in [-0.2, 0) is 9.84 Å². The van der Waals surface area contributed by atoms with Gasteiger partial charge in [0.2, 0.25) is 9.84 Å². The lowest BCUT2D eigenvalue weighted by Gasteiger charge is -2.09. The molecule has 0 heterocycles. The van der Waals surface area contributed by atoms with Gasteiger partial charge in [0.05, 0.1) is 9.80 Å². The third kappa shape index (κ3) is 2.69. The number of nitrogens with two attached hydrogens (primary N) is 1. The number of aryl methyl sites for hydroxylation is 1. The van der Waals surface area contributed by atoms with Crippen LogP contribution < -0.4 is 5.73 Å². The first-order valence-corrected chi connectivity index (χ1v) is 7.33. The number of sulfone groups is 1. The predicted molar refractivity (Wildman–Crippen MR) is 77.0 cm³/mol. The Labute approximate surface area is 113 Å². The van der Waals surface area contributed by atoms with E-state index in [4.69, 9.17) is 5.73 Å². The summed E-state index contributed by atoms with van der Waals surface area (Å²) in [5.41, 5.74) is 7.12. The van der Waals surface area contributed by atoms with Gasteiger partial charge in [-0.25, -0.2) is 8.42 Å². The van der Waals surface area contributed by atoms with Gasteiger partial charge in [-0.2, -0.15) is 0 Å². The maximum atomic E-state index is 12.5. The zero-order valence-electron chi connectivity index (χ0n) is 10.6. The van der Waals surface area contributed by atoms with Gasteiger partial charge in [-0.05, 0) is 24.6 Å². The highest BCUT2D eigenvalue weighted by Gasteiger charge is 2.21. The lowest BCUT2D eigenvalue weighted by Crippen LogP contribution is -2.06. The molecule has 98 valence electrons. The number of hydrogen-bond donors (Lipinski definition) is 1. The van der Waals surface area contributed by atoms with Gasteiger partial charge in [-0.15, -0.1) is 0 Å². The van der Waals surface area contributed by atoms with Crippen molar-refractivity contribution in [1.82, 2.24) is 0 Å². The monoisotopic (exact) mass is 273 g/mol. The van der Waals surface area contributed by atoms with Crippen LogP contribution in [0.2, 0.25) is 0 Å². The molecule has 2 rings (SSSR count). The molecule has 0 spiro atoms. The van der Waals surface area contributed by atoms with Crippen LogP contribution in [0.15, 0.2) is 65.7 Å². The summed E-state index contributed by atoms with van der Waals surface area (Å²) in [5.74, 6) is 0. The first kappa shape index (κ1) is 13.4. The molecule has 0 fully saturated rings. The van der Waals surface area contributed by atoms with Crippen molar-refractivity contribution in [2.45, 2.75) is 11.8 Å². The molecule has 4 heteroatoms. The van der Waals surface area contributed by atoms with Crippen LogP contribution in [0.5, 0.6) is 0 Å². The van der Waals surface area contributed by atoms with Crippen LogP contribution in [0.1, 0.15) is 11.1 Å². The van der Waals surface area contributed by atoms with E-state index >= 15 is 0 Å². The molecule has 0 aromatic heterocycles. The van der Waals surface area contributed by atoms with Gasteiger partial charge in [0.25, 0.3) is 0 Å². The molecule has 0 aliphatic carbocycles. The van der Waals surface area contributed by atoms with E-state index in [1.54, 1.807) is 48.5 Å². The molecule has 0 amide bonds. The van der Waals surface area contributed by atoms with E-state index in [1.165, 1.54) is 0 Å². The van der Waals surface area contributed by atoms with Crippen molar-refractivity contribution in [2.24, 2.45) is 5.73 Å². The van der Waals surface area contributed by atoms with E-state index in [1.807, 2.05) is 13.0 Å². The number of hydrogen-bond acceptors (Lipinski definition) is 3. The van der Waals surface area contributed by atoms with Crippen molar-refractivity contribution >= 4 is 14.7 Å². The van der Waals surface area contributed by atoms with E-state index in [0.717, 1.165) is 11.8 Å². The zero-order valence-corrected chi connectivity index (χ0v) is 11.4. The van der Waals surface area contributed by atoms with Gasteiger partial charge in [-0.1, -0.05) is 48.0 Å². The number of benzene rings is 2. The summed E-state index contributed by atoms with van der Waals surface area (Å²) in [6.45, 7) is 1.91. The smallest absolute Gasteiger partial charge is 0.208 e. The Bertz CT molecular complexity index is 687. The Hall–Kier alpha value is -2.07. The van der Waals surface area contributed by atoms with E-state index in [2.05, 4.69) is 0 Å². The minimum Gasteiger partial charge on any atom is -0.404 e. The second kappa shape index (κ2) is 5.28. The Morgan fingerprint density at radius 3 is 2.11 bits per heavy atom. The van der Waals surface area contributed by atoms with E-state index in [0.29, 0.717) is 5.56 Å². The Kier molecular flexibility index (Phi) is 3.71. The summed E-state index contributed by atoms with van der Waals surface area (Å²) >= 11 is 0. The van der Waals surface area contributed by atoms with Crippen molar-refractivity contribution < 1.29 is 8.42 Å². The molecule has 0 unspecified atom stereocenters. The highest BCUT2D eigenvalue weighted by atomic mass is 32.2. The molecule has 2 N–H and O–H groups in total. The second-order valence-corrected chi connectivity index (χ2v) is 6.13. The van der Waals surface area contributed by atoms with Crippen molar-refractivity contribution in [2.75, 3.05) is 0 Å². The third-order valence-electron chi connectivity index (χ3n) is 2.83. The molecular weight excluding hydrogens is 258 g/mol. The predicted octanol–water partition coefficient (Wildman–Crippen LogP) is 2.73. The summed E-state index contributed by atoms with van der Waals surface area (Å²) in [6, 6.07) is 15.6. The average Bonchev–Trinajstić information content (AvgIpc) is 2.41. The summed E-state index contributed by atoms with van der Waals surface area (Å²) in [5, 5.41) is 0. The maximum absolute atomic E-state index is 12.5. The van der Waals surface area contributed by atoms with E-state index in [-0.39, 0.29) is 9.80 Å².